The summed E-state index contributed by atoms with van der Waals surface area (Å²) in [4.78, 5) is 27.8. The van der Waals surface area contributed by atoms with Gasteiger partial charge in [0.2, 0.25) is 11.8 Å². The van der Waals surface area contributed by atoms with Gasteiger partial charge in [0.15, 0.2) is 11.6 Å². The Kier molecular flexibility index (Phi) is 5.69. The SMILES string of the molecule is Nc1nc(C2CNCCN2CCc2ccccc2C(=O)NO)nc2nc(-c3ccco3)nn12. The van der Waals surface area contributed by atoms with Crippen LogP contribution in [0, 0.1) is 0 Å². The number of nitrogens with zero attached hydrogens (tertiary/aromatic N) is 6. The maximum atomic E-state index is 12.0. The van der Waals surface area contributed by atoms with E-state index in [2.05, 4.69) is 30.3 Å². The van der Waals surface area contributed by atoms with Gasteiger partial charge in [0.05, 0.1) is 12.3 Å². The third kappa shape index (κ3) is 4.14. The van der Waals surface area contributed by atoms with Crippen molar-refractivity contribution in [1.29, 1.82) is 0 Å². The molecule has 12 heteroatoms. The van der Waals surface area contributed by atoms with Crippen LogP contribution in [-0.2, 0) is 6.42 Å². The molecule has 4 heterocycles. The lowest BCUT2D eigenvalue weighted by atomic mass is 10.0. The molecule has 1 fully saturated rings. The number of carbonyl (C=O) groups excluding carboxylic acids is 1. The van der Waals surface area contributed by atoms with Crippen molar-refractivity contribution >= 4 is 17.6 Å². The molecular weight excluding hydrogens is 426 g/mol. The molecule has 0 radical (unpaired) electrons. The molecule has 5 rings (SSSR count). The zero-order chi connectivity index (χ0) is 22.8. The van der Waals surface area contributed by atoms with Gasteiger partial charge >= 0.3 is 0 Å². The number of hydroxylamine groups is 1. The second-order valence-corrected chi connectivity index (χ2v) is 7.67. The minimum atomic E-state index is -0.525. The van der Waals surface area contributed by atoms with Crippen LogP contribution in [-0.4, -0.2) is 66.8 Å². The number of hydrogen-bond donors (Lipinski definition) is 4. The zero-order valence-electron chi connectivity index (χ0n) is 17.7. The van der Waals surface area contributed by atoms with E-state index in [-0.39, 0.29) is 12.0 Å². The van der Waals surface area contributed by atoms with Crippen LogP contribution in [0.5, 0.6) is 0 Å². The number of carbonyl (C=O) groups is 1. The van der Waals surface area contributed by atoms with Crippen LogP contribution >= 0.6 is 0 Å². The summed E-state index contributed by atoms with van der Waals surface area (Å²) >= 11 is 0. The predicted molar refractivity (Wildman–Crippen MR) is 117 cm³/mol. The Morgan fingerprint density at radius 3 is 2.94 bits per heavy atom. The fourth-order valence-electron chi connectivity index (χ4n) is 4.03. The Hall–Kier alpha value is -3.87. The average Bonchev–Trinajstić information content (AvgIpc) is 3.53. The van der Waals surface area contributed by atoms with Crippen LogP contribution in [0.1, 0.15) is 27.8 Å². The number of nitrogen functional groups attached to an aromatic ring is 1. The third-order valence-corrected chi connectivity index (χ3v) is 5.68. The van der Waals surface area contributed by atoms with Gasteiger partial charge in [0.25, 0.3) is 11.7 Å². The Morgan fingerprint density at radius 1 is 1.24 bits per heavy atom. The molecule has 3 aromatic heterocycles. The van der Waals surface area contributed by atoms with Gasteiger partial charge in [0, 0.05) is 31.7 Å². The zero-order valence-corrected chi connectivity index (χ0v) is 17.7. The number of rotatable bonds is 6. The third-order valence-electron chi connectivity index (χ3n) is 5.68. The monoisotopic (exact) mass is 449 g/mol. The van der Waals surface area contributed by atoms with Crippen molar-refractivity contribution in [2.24, 2.45) is 0 Å². The number of nitrogens with two attached hydrogens (primary N) is 1. The lowest BCUT2D eigenvalue weighted by Crippen LogP contribution is -2.47. The van der Waals surface area contributed by atoms with Crippen LogP contribution in [0.4, 0.5) is 5.95 Å². The Balaban J connectivity index is 1.40. The summed E-state index contributed by atoms with van der Waals surface area (Å²) in [5.74, 6) is 1.47. The van der Waals surface area contributed by atoms with Crippen LogP contribution < -0.4 is 16.5 Å². The molecule has 0 bridgehead atoms. The number of piperazine rings is 1. The fourth-order valence-corrected chi connectivity index (χ4v) is 4.03. The highest BCUT2D eigenvalue weighted by atomic mass is 16.5. The molecule has 0 aliphatic carbocycles. The summed E-state index contributed by atoms with van der Waals surface area (Å²) in [6.45, 7) is 2.91. The number of benzene rings is 1. The van der Waals surface area contributed by atoms with E-state index in [1.165, 1.54) is 4.52 Å². The van der Waals surface area contributed by atoms with Crippen molar-refractivity contribution in [1.82, 2.24) is 40.3 Å². The molecule has 33 heavy (non-hydrogen) atoms. The molecule has 1 amide bonds. The van der Waals surface area contributed by atoms with Gasteiger partial charge in [-0.3, -0.25) is 14.9 Å². The minimum Gasteiger partial charge on any atom is -0.461 e. The molecule has 12 nitrogen and oxygen atoms in total. The Labute approximate surface area is 188 Å². The first-order chi connectivity index (χ1) is 16.1. The number of fused-ring (bicyclic) bond motifs is 1. The van der Waals surface area contributed by atoms with Crippen LogP contribution in [0.25, 0.3) is 17.4 Å². The summed E-state index contributed by atoms with van der Waals surface area (Å²) in [6.07, 6.45) is 2.17. The van der Waals surface area contributed by atoms with Gasteiger partial charge in [-0.15, -0.1) is 5.10 Å². The molecule has 0 spiro atoms. The van der Waals surface area contributed by atoms with Gasteiger partial charge in [-0.2, -0.15) is 19.5 Å². The highest BCUT2D eigenvalue weighted by molar-refractivity contribution is 5.94. The summed E-state index contributed by atoms with van der Waals surface area (Å²) < 4.78 is 6.77. The highest BCUT2D eigenvalue weighted by Crippen LogP contribution is 2.23. The van der Waals surface area contributed by atoms with Crippen LogP contribution in [0.2, 0.25) is 0 Å². The molecule has 1 aliphatic heterocycles. The first-order valence-electron chi connectivity index (χ1n) is 10.5. The van der Waals surface area contributed by atoms with Crippen molar-refractivity contribution in [3.8, 4) is 11.6 Å². The number of hydrogen-bond acceptors (Lipinski definition) is 10. The first-order valence-corrected chi connectivity index (χ1v) is 10.5. The highest BCUT2D eigenvalue weighted by Gasteiger charge is 2.28. The van der Waals surface area contributed by atoms with Crippen molar-refractivity contribution < 1.29 is 14.4 Å². The van der Waals surface area contributed by atoms with Crippen LogP contribution in [0.3, 0.4) is 0 Å². The number of anilines is 1. The van der Waals surface area contributed by atoms with E-state index in [0.29, 0.717) is 48.3 Å². The number of furan rings is 1. The Morgan fingerprint density at radius 2 is 2.12 bits per heavy atom. The maximum Gasteiger partial charge on any atom is 0.274 e. The topological polar surface area (TPSA) is 160 Å². The van der Waals surface area contributed by atoms with Gasteiger partial charge < -0.3 is 15.5 Å². The summed E-state index contributed by atoms with van der Waals surface area (Å²) in [6, 6.07) is 10.6. The van der Waals surface area contributed by atoms with Gasteiger partial charge in [-0.05, 0) is 30.2 Å². The van der Waals surface area contributed by atoms with Gasteiger partial charge in [-0.1, -0.05) is 18.2 Å². The van der Waals surface area contributed by atoms with E-state index in [0.717, 1.165) is 18.7 Å². The number of aromatic nitrogens is 5. The number of amides is 1. The molecule has 5 N–H and O–H groups in total. The van der Waals surface area contributed by atoms with E-state index in [4.69, 9.17) is 15.4 Å². The molecule has 1 saturated heterocycles. The molecule has 1 aromatic carbocycles. The molecule has 170 valence electrons. The normalized spacial score (nSPS) is 16.8. The Bertz CT molecular complexity index is 1270. The standard InChI is InChI=1S/C21H23N9O3/c22-20-24-17(25-21-26-18(27-30(20)21)16-6-3-11-33-16)15-12-23-8-10-29(15)9-7-13-4-1-2-5-14(13)19(31)28-32/h1-6,11,15,23,32H,7-10,12H2,(H,28,31)(H2,22,24,25,26,27). The van der Waals surface area contributed by atoms with E-state index in [1.54, 1.807) is 36.0 Å². The largest absolute Gasteiger partial charge is 0.461 e. The summed E-state index contributed by atoms with van der Waals surface area (Å²) in [7, 11) is 0. The summed E-state index contributed by atoms with van der Waals surface area (Å²) in [5, 5.41) is 16.8. The second-order valence-electron chi connectivity index (χ2n) is 7.67. The van der Waals surface area contributed by atoms with Gasteiger partial charge in [0.1, 0.15) is 0 Å². The average molecular weight is 449 g/mol. The molecule has 1 atom stereocenters. The lowest BCUT2D eigenvalue weighted by molar-refractivity contribution is 0.0705. The van der Waals surface area contributed by atoms with Crippen molar-refractivity contribution in [3.05, 3.63) is 59.6 Å². The smallest absolute Gasteiger partial charge is 0.274 e. The second kappa shape index (κ2) is 8.94. The quantitative estimate of drug-likeness (QED) is 0.243. The first kappa shape index (κ1) is 21.0. The molecule has 0 saturated carbocycles. The minimum absolute atomic E-state index is 0.131. The van der Waals surface area contributed by atoms with Gasteiger partial charge in [-0.25, -0.2) is 5.48 Å². The van der Waals surface area contributed by atoms with E-state index in [9.17, 15) is 4.79 Å². The predicted octanol–water partition coefficient (Wildman–Crippen LogP) is 0.670. The molecular formula is C21H23N9O3. The molecule has 1 unspecified atom stereocenters. The molecule has 4 aromatic rings. The van der Waals surface area contributed by atoms with E-state index >= 15 is 0 Å². The van der Waals surface area contributed by atoms with Crippen molar-refractivity contribution in [2.45, 2.75) is 12.5 Å². The fraction of sp³-hybridized carbons (Fsp3) is 0.286. The maximum absolute atomic E-state index is 12.0. The van der Waals surface area contributed by atoms with Crippen molar-refractivity contribution in [3.63, 3.8) is 0 Å². The lowest BCUT2D eigenvalue weighted by Gasteiger charge is -2.35. The molecule has 1 aliphatic rings. The summed E-state index contributed by atoms with van der Waals surface area (Å²) in [5.41, 5.74) is 9.18. The van der Waals surface area contributed by atoms with E-state index < -0.39 is 5.91 Å². The number of nitrogens with one attached hydrogen (secondary N) is 2. The van der Waals surface area contributed by atoms with Crippen LogP contribution in [0.15, 0.2) is 47.1 Å². The van der Waals surface area contributed by atoms with Crippen molar-refractivity contribution in [2.75, 3.05) is 31.9 Å². The van der Waals surface area contributed by atoms with E-state index in [1.807, 2.05) is 12.1 Å².